The van der Waals surface area contributed by atoms with Crippen LogP contribution in [-0.2, 0) is 0 Å². The standard InChI is InChI=1S/C16H13F3N4OS/c1-9-4-5-13(25-9)11-7-12(23-22-11)15(24)21-14(16(17,18)19)10-3-2-6-20-8-10/h2-8,14H,1H3,(H,21,24)(H,22,23)/t14-/m1/s1. The van der Waals surface area contributed by atoms with Gasteiger partial charge in [-0.15, -0.1) is 11.3 Å². The summed E-state index contributed by atoms with van der Waals surface area (Å²) in [6, 6.07) is 5.67. The van der Waals surface area contributed by atoms with Crippen molar-refractivity contribution in [3.63, 3.8) is 0 Å². The van der Waals surface area contributed by atoms with E-state index in [0.717, 1.165) is 16.0 Å². The summed E-state index contributed by atoms with van der Waals surface area (Å²) >= 11 is 1.49. The maximum atomic E-state index is 13.3. The number of carbonyl (C=O) groups is 1. The molecule has 3 aromatic heterocycles. The normalized spacial score (nSPS) is 12.8. The second kappa shape index (κ2) is 6.67. The lowest BCUT2D eigenvalue weighted by molar-refractivity contribution is -0.155. The molecule has 130 valence electrons. The molecule has 3 rings (SSSR count). The summed E-state index contributed by atoms with van der Waals surface area (Å²) in [4.78, 5) is 17.8. The number of amides is 1. The lowest BCUT2D eigenvalue weighted by atomic mass is 10.1. The van der Waals surface area contributed by atoms with Gasteiger partial charge in [-0.2, -0.15) is 18.3 Å². The van der Waals surface area contributed by atoms with Crippen molar-refractivity contribution in [2.24, 2.45) is 0 Å². The zero-order chi connectivity index (χ0) is 18.0. The second-order valence-electron chi connectivity index (χ2n) is 5.31. The fourth-order valence-corrected chi connectivity index (χ4v) is 3.08. The van der Waals surface area contributed by atoms with Gasteiger partial charge in [-0.05, 0) is 31.2 Å². The molecule has 0 saturated heterocycles. The van der Waals surface area contributed by atoms with Crippen molar-refractivity contribution in [3.8, 4) is 10.6 Å². The number of hydrogen-bond donors (Lipinski definition) is 2. The van der Waals surface area contributed by atoms with Crippen molar-refractivity contribution in [1.82, 2.24) is 20.5 Å². The number of pyridine rings is 1. The number of rotatable bonds is 4. The molecule has 0 aliphatic carbocycles. The molecule has 2 N–H and O–H groups in total. The third kappa shape index (κ3) is 3.87. The van der Waals surface area contributed by atoms with Crippen LogP contribution in [0, 0.1) is 6.92 Å². The molecule has 0 aliphatic heterocycles. The highest BCUT2D eigenvalue weighted by atomic mass is 32.1. The van der Waals surface area contributed by atoms with Crippen LogP contribution in [0.5, 0.6) is 0 Å². The average Bonchev–Trinajstić information content (AvgIpc) is 3.21. The molecule has 0 unspecified atom stereocenters. The number of hydrogen-bond acceptors (Lipinski definition) is 4. The van der Waals surface area contributed by atoms with Crippen LogP contribution < -0.4 is 5.32 Å². The van der Waals surface area contributed by atoms with Crippen molar-refractivity contribution in [2.75, 3.05) is 0 Å². The number of alkyl halides is 3. The summed E-state index contributed by atoms with van der Waals surface area (Å²) in [5.41, 5.74) is 0.320. The lowest BCUT2D eigenvalue weighted by Gasteiger charge is -2.21. The Morgan fingerprint density at radius 1 is 1.32 bits per heavy atom. The van der Waals surface area contributed by atoms with E-state index < -0.39 is 18.1 Å². The molecule has 3 heterocycles. The number of aryl methyl sites for hydroxylation is 1. The van der Waals surface area contributed by atoms with E-state index >= 15 is 0 Å². The van der Waals surface area contributed by atoms with E-state index in [1.165, 1.54) is 35.7 Å². The molecule has 25 heavy (non-hydrogen) atoms. The van der Waals surface area contributed by atoms with Crippen LogP contribution in [0.3, 0.4) is 0 Å². The number of aromatic amines is 1. The third-order valence-corrected chi connectivity index (χ3v) is 4.47. The first kappa shape index (κ1) is 17.2. The van der Waals surface area contributed by atoms with Crippen LogP contribution in [0.2, 0.25) is 0 Å². The number of thiophene rings is 1. The predicted octanol–water partition coefficient (Wildman–Crippen LogP) is 3.88. The molecular weight excluding hydrogens is 353 g/mol. The molecule has 0 bridgehead atoms. The van der Waals surface area contributed by atoms with E-state index in [1.54, 1.807) is 0 Å². The fourth-order valence-electron chi connectivity index (χ4n) is 2.25. The van der Waals surface area contributed by atoms with Gasteiger partial charge in [0, 0.05) is 22.8 Å². The first-order valence-corrected chi connectivity index (χ1v) is 8.06. The number of H-pyrrole nitrogens is 1. The van der Waals surface area contributed by atoms with Crippen molar-refractivity contribution in [1.29, 1.82) is 0 Å². The van der Waals surface area contributed by atoms with E-state index in [0.29, 0.717) is 5.69 Å². The van der Waals surface area contributed by atoms with Gasteiger partial charge < -0.3 is 5.32 Å². The quantitative estimate of drug-likeness (QED) is 0.736. The molecule has 0 aliphatic rings. The van der Waals surface area contributed by atoms with Gasteiger partial charge in [0.1, 0.15) is 0 Å². The fraction of sp³-hybridized carbons (Fsp3) is 0.188. The Labute approximate surface area is 144 Å². The lowest BCUT2D eigenvalue weighted by Crippen LogP contribution is -2.38. The average molecular weight is 366 g/mol. The van der Waals surface area contributed by atoms with E-state index in [-0.39, 0.29) is 11.3 Å². The van der Waals surface area contributed by atoms with Gasteiger partial charge in [0.15, 0.2) is 11.7 Å². The Morgan fingerprint density at radius 2 is 2.12 bits per heavy atom. The minimum atomic E-state index is -4.65. The van der Waals surface area contributed by atoms with Gasteiger partial charge in [0.2, 0.25) is 0 Å². The van der Waals surface area contributed by atoms with Crippen LogP contribution in [-0.4, -0.2) is 27.3 Å². The molecular formula is C16H13F3N4OS. The summed E-state index contributed by atoms with van der Waals surface area (Å²) in [5, 5.41) is 8.47. The molecule has 1 amide bonds. The van der Waals surface area contributed by atoms with E-state index in [4.69, 9.17) is 0 Å². The number of nitrogens with one attached hydrogen (secondary N) is 2. The predicted molar refractivity (Wildman–Crippen MR) is 87.1 cm³/mol. The Kier molecular flexibility index (Phi) is 4.58. The first-order valence-electron chi connectivity index (χ1n) is 7.24. The zero-order valence-corrected chi connectivity index (χ0v) is 13.8. The highest BCUT2D eigenvalue weighted by Crippen LogP contribution is 2.32. The number of nitrogens with zero attached hydrogens (tertiary/aromatic N) is 2. The van der Waals surface area contributed by atoms with Gasteiger partial charge in [-0.25, -0.2) is 0 Å². The van der Waals surface area contributed by atoms with E-state index in [9.17, 15) is 18.0 Å². The van der Waals surface area contributed by atoms with Crippen LogP contribution in [0.4, 0.5) is 13.2 Å². The minimum absolute atomic E-state index is 0.112. The van der Waals surface area contributed by atoms with E-state index in [1.807, 2.05) is 24.4 Å². The van der Waals surface area contributed by atoms with Crippen molar-refractivity contribution in [3.05, 3.63) is 58.9 Å². The van der Waals surface area contributed by atoms with Crippen LogP contribution >= 0.6 is 11.3 Å². The summed E-state index contributed by atoms with van der Waals surface area (Å²) in [6.45, 7) is 1.93. The Balaban J connectivity index is 1.81. The van der Waals surface area contributed by atoms with Gasteiger partial charge in [-0.1, -0.05) is 6.07 Å². The highest BCUT2D eigenvalue weighted by molar-refractivity contribution is 7.15. The van der Waals surface area contributed by atoms with Gasteiger partial charge in [0.25, 0.3) is 5.91 Å². The van der Waals surface area contributed by atoms with Crippen molar-refractivity contribution in [2.45, 2.75) is 19.1 Å². The summed E-state index contributed by atoms with van der Waals surface area (Å²) in [5.74, 6) is -0.915. The molecule has 1 atom stereocenters. The molecule has 0 saturated carbocycles. The summed E-state index contributed by atoms with van der Waals surface area (Å²) in [7, 11) is 0. The molecule has 0 spiro atoms. The van der Waals surface area contributed by atoms with Crippen LogP contribution in [0.1, 0.15) is 27.0 Å². The van der Waals surface area contributed by atoms with Gasteiger partial charge in [-0.3, -0.25) is 14.9 Å². The smallest absolute Gasteiger partial charge is 0.335 e. The topological polar surface area (TPSA) is 70.7 Å². The Morgan fingerprint density at radius 3 is 2.72 bits per heavy atom. The zero-order valence-electron chi connectivity index (χ0n) is 13.0. The van der Waals surface area contributed by atoms with Crippen molar-refractivity contribution >= 4 is 17.2 Å². The number of aromatic nitrogens is 3. The highest BCUT2D eigenvalue weighted by Gasteiger charge is 2.42. The molecule has 0 fully saturated rings. The van der Waals surface area contributed by atoms with E-state index in [2.05, 4.69) is 15.2 Å². The summed E-state index contributed by atoms with van der Waals surface area (Å²) < 4.78 is 39.9. The van der Waals surface area contributed by atoms with Gasteiger partial charge >= 0.3 is 6.18 Å². The van der Waals surface area contributed by atoms with Crippen LogP contribution in [0.25, 0.3) is 10.6 Å². The van der Waals surface area contributed by atoms with Crippen molar-refractivity contribution < 1.29 is 18.0 Å². The molecule has 3 aromatic rings. The molecule has 5 nitrogen and oxygen atoms in total. The largest absolute Gasteiger partial charge is 0.412 e. The number of halogens is 3. The molecule has 9 heteroatoms. The maximum absolute atomic E-state index is 13.3. The minimum Gasteiger partial charge on any atom is -0.335 e. The molecule has 0 radical (unpaired) electrons. The SMILES string of the molecule is Cc1ccc(-c2cc(C(=O)N[C@H](c3cccnc3)C(F)(F)F)n[nH]2)s1. The maximum Gasteiger partial charge on any atom is 0.412 e. The second-order valence-corrected chi connectivity index (χ2v) is 6.60. The Hall–Kier alpha value is -2.68. The van der Waals surface area contributed by atoms with Gasteiger partial charge in [0.05, 0.1) is 10.6 Å². The molecule has 0 aromatic carbocycles. The summed E-state index contributed by atoms with van der Waals surface area (Å²) in [6.07, 6.45) is -2.21. The Bertz CT molecular complexity index is 873. The first-order chi connectivity index (χ1) is 11.8. The number of carbonyl (C=O) groups excluding carboxylic acids is 1. The third-order valence-electron chi connectivity index (χ3n) is 3.44. The monoisotopic (exact) mass is 366 g/mol. The van der Waals surface area contributed by atoms with Crippen LogP contribution in [0.15, 0.2) is 42.7 Å².